The van der Waals surface area contributed by atoms with Crippen molar-refractivity contribution in [1.29, 1.82) is 0 Å². The van der Waals surface area contributed by atoms with Crippen molar-refractivity contribution >= 4 is 17.5 Å². The van der Waals surface area contributed by atoms with E-state index in [2.05, 4.69) is 4.90 Å². The van der Waals surface area contributed by atoms with Crippen molar-refractivity contribution in [2.75, 3.05) is 37.7 Å². The SMILES string of the molecule is NC(=O)CN(C(=O)c1ccc(N2CCOCC2)cc1)C1CCCC1. The summed E-state index contributed by atoms with van der Waals surface area (Å²) in [6.45, 7) is 3.19. The molecule has 0 radical (unpaired) electrons. The number of rotatable bonds is 5. The Bertz CT molecular complexity index is 576. The van der Waals surface area contributed by atoms with Crippen molar-refractivity contribution in [2.45, 2.75) is 31.7 Å². The number of anilines is 1. The second-order valence-electron chi connectivity index (χ2n) is 6.48. The molecule has 1 saturated carbocycles. The second-order valence-corrected chi connectivity index (χ2v) is 6.48. The third kappa shape index (κ3) is 3.87. The molecule has 6 heteroatoms. The monoisotopic (exact) mass is 331 g/mol. The average Bonchev–Trinajstić information content (AvgIpc) is 3.14. The molecular formula is C18H25N3O3. The fourth-order valence-corrected chi connectivity index (χ4v) is 3.55. The maximum absolute atomic E-state index is 12.8. The molecule has 0 atom stereocenters. The average molecular weight is 331 g/mol. The van der Waals surface area contributed by atoms with E-state index in [0.29, 0.717) is 5.56 Å². The molecule has 2 amide bonds. The molecule has 2 N–H and O–H groups in total. The van der Waals surface area contributed by atoms with Gasteiger partial charge in [-0.15, -0.1) is 0 Å². The molecule has 1 heterocycles. The molecule has 2 fully saturated rings. The highest BCUT2D eigenvalue weighted by Crippen LogP contribution is 2.25. The summed E-state index contributed by atoms with van der Waals surface area (Å²) in [4.78, 5) is 28.1. The third-order valence-corrected chi connectivity index (χ3v) is 4.84. The van der Waals surface area contributed by atoms with Crippen LogP contribution in [0.5, 0.6) is 0 Å². The van der Waals surface area contributed by atoms with E-state index in [1.807, 2.05) is 24.3 Å². The molecule has 0 spiro atoms. The number of carbonyl (C=O) groups is 2. The summed E-state index contributed by atoms with van der Waals surface area (Å²) >= 11 is 0. The fourth-order valence-electron chi connectivity index (χ4n) is 3.55. The summed E-state index contributed by atoms with van der Waals surface area (Å²) in [5, 5.41) is 0. The number of primary amides is 1. The molecule has 0 bridgehead atoms. The van der Waals surface area contributed by atoms with Crippen LogP contribution in [0.2, 0.25) is 0 Å². The van der Waals surface area contributed by atoms with Gasteiger partial charge in [-0.3, -0.25) is 9.59 Å². The summed E-state index contributed by atoms with van der Waals surface area (Å²) in [6, 6.07) is 7.75. The highest BCUT2D eigenvalue weighted by atomic mass is 16.5. The molecule has 3 rings (SSSR count). The van der Waals surface area contributed by atoms with Gasteiger partial charge in [-0.2, -0.15) is 0 Å². The number of ether oxygens (including phenoxy) is 1. The van der Waals surface area contributed by atoms with Gasteiger partial charge in [0, 0.05) is 30.4 Å². The summed E-state index contributed by atoms with van der Waals surface area (Å²) in [5.41, 5.74) is 7.05. The van der Waals surface area contributed by atoms with Crippen molar-refractivity contribution in [3.05, 3.63) is 29.8 Å². The van der Waals surface area contributed by atoms with Crippen LogP contribution in [0.1, 0.15) is 36.0 Å². The zero-order valence-electron chi connectivity index (χ0n) is 13.9. The molecule has 130 valence electrons. The van der Waals surface area contributed by atoms with Crippen LogP contribution in [0.4, 0.5) is 5.69 Å². The molecule has 6 nitrogen and oxygen atoms in total. The first kappa shape index (κ1) is 16.8. The Hall–Kier alpha value is -2.08. The number of nitrogens with zero attached hydrogens (tertiary/aromatic N) is 2. The normalized spacial score (nSPS) is 18.6. The van der Waals surface area contributed by atoms with Gasteiger partial charge in [0.15, 0.2) is 0 Å². The minimum absolute atomic E-state index is 0.00524. The Morgan fingerprint density at radius 2 is 1.75 bits per heavy atom. The summed E-state index contributed by atoms with van der Waals surface area (Å²) in [7, 11) is 0. The van der Waals surface area contributed by atoms with E-state index in [1.54, 1.807) is 4.90 Å². The van der Waals surface area contributed by atoms with Crippen LogP contribution in [0.25, 0.3) is 0 Å². The van der Waals surface area contributed by atoms with Crippen LogP contribution in [-0.2, 0) is 9.53 Å². The standard InChI is InChI=1S/C18H25N3O3/c19-17(22)13-21(16-3-1-2-4-16)18(23)14-5-7-15(8-6-14)20-9-11-24-12-10-20/h5-8,16H,1-4,9-13H2,(H2,19,22). The van der Waals surface area contributed by atoms with Crippen LogP contribution < -0.4 is 10.6 Å². The lowest BCUT2D eigenvalue weighted by atomic mass is 10.1. The van der Waals surface area contributed by atoms with Crippen LogP contribution >= 0.6 is 0 Å². The van der Waals surface area contributed by atoms with Gasteiger partial charge in [0.25, 0.3) is 5.91 Å². The fraction of sp³-hybridized carbons (Fsp3) is 0.556. The minimum Gasteiger partial charge on any atom is -0.378 e. The topological polar surface area (TPSA) is 75.9 Å². The molecule has 1 aromatic rings. The van der Waals surface area contributed by atoms with Crippen molar-refractivity contribution < 1.29 is 14.3 Å². The molecule has 0 aromatic heterocycles. The highest BCUT2D eigenvalue weighted by molar-refractivity contribution is 5.96. The third-order valence-electron chi connectivity index (χ3n) is 4.84. The predicted molar refractivity (Wildman–Crippen MR) is 92.0 cm³/mol. The minimum atomic E-state index is -0.458. The van der Waals surface area contributed by atoms with Gasteiger partial charge in [0.1, 0.15) is 0 Å². The number of amides is 2. The number of hydrogen-bond donors (Lipinski definition) is 1. The molecule has 1 aromatic carbocycles. The quantitative estimate of drug-likeness (QED) is 0.885. The van der Waals surface area contributed by atoms with E-state index in [-0.39, 0.29) is 18.5 Å². The number of carbonyl (C=O) groups excluding carboxylic acids is 2. The number of hydrogen-bond acceptors (Lipinski definition) is 4. The largest absolute Gasteiger partial charge is 0.378 e. The Morgan fingerprint density at radius 3 is 2.33 bits per heavy atom. The second kappa shape index (κ2) is 7.66. The van der Waals surface area contributed by atoms with Crippen molar-refractivity contribution in [3.63, 3.8) is 0 Å². The zero-order valence-corrected chi connectivity index (χ0v) is 13.9. The van der Waals surface area contributed by atoms with Gasteiger partial charge in [-0.25, -0.2) is 0 Å². The van der Waals surface area contributed by atoms with Gasteiger partial charge in [0.2, 0.25) is 5.91 Å². The van der Waals surface area contributed by atoms with Gasteiger partial charge >= 0.3 is 0 Å². The first-order valence-electron chi connectivity index (χ1n) is 8.67. The molecule has 2 aliphatic rings. The van der Waals surface area contributed by atoms with E-state index >= 15 is 0 Å². The number of nitrogens with two attached hydrogens (primary N) is 1. The number of benzene rings is 1. The molecule has 1 saturated heterocycles. The Morgan fingerprint density at radius 1 is 1.12 bits per heavy atom. The molecule has 0 unspecified atom stereocenters. The first-order chi connectivity index (χ1) is 11.6. The van der Waals surface area contributed by atoms with Crippen molar-refractivity contribution in [2.24, 2.45) is 5.73 Å². The maximum atomic E-state index is 12.8. The number of morpholine rings is 1. The smallest absolute Gasteiger partial charge is 0.254 e. The predicted octanol–water partition coefficient (Wildman–Crippen LogP) is 1.39. The highest BCUT2D eigenvalue weighted by Gasteiger charge is 2.28. The Kier molecular flexibility index (Phi) is 5.35. The lowest BCUT2D eigenvalue weighted by Gasteiger charge is -2.30. The van der Waals surface area contributed by atoms with Crippen LogP contribution in [0.15, 0.2) is 24.3 Å². The lowest BCUT2D eigenvalue weighted by Crippen LogP contribution is -2.44. The molecule has 1 aliphatic heterocycles. The van der Waals surface area contributed by atoms with Gasteiger partial charge < -0.3 is 20.3 Å². The van der Waals surface area contributed by atoms with E-state index in [4.69, 9.17) is 10.5 Å². The van der Waals surface area contributed by atoms with Crippen molar-refractivity contribution in [1.82, 2.24) is 4.90 Å². The zero-order chi connectivity index (χ0) is 16.9. The van der Waals surface area contributed by atoms with Gasteiger partial charge in [-0.05, 0) is 37.1 Å². The van der Waals surface area contributed by atoms with E-state index in [1.165, 1.54) is 0 Å². The maximum Gasteiger partial charge on any atom is 0.254 e. The molecular weight excluding hydrogens is 306 g/mol. The summed E-state index contributed by atoms with van der Waals surface area (Å²) < 4.78 is 5.36. The van der Waals surface area contributed by atoms with E-state index in [0.717, 1.165) is 57.7 Å². The summed E-state index contributed by atoms with van der Waals surface area (Å²) in [5.74, 6) is -0.561. The molecule has 1 aliphatic carbocycles. The summed E-state index contributed by atoms with van der Waals surface area (Å²) in [6.07, 6.45) is 4.10. The van der Waals surface area contributed by atoms with E-state index in [9.17, 15) is 9.59 Å². The van der Waals surface area contributed by atoms with Crippen LogP contribution in [0.3, 0.4) is 0 Å². The van der Waals surface area contributed by atoms with Crippen molar-refractivity contribution in [3.8, 4) is 0 Å². The Balaban J connectivity index is 1.72. The van der Waals surface area contributed by atoms with E-state index < -0.39 is 5.91 Å². The molecule has 24 heavy (non-hydrogen) atoms. The van der Waals surface area contributed by atoms with Gasteiger partial charge in [-0.1, -0.05) is 12.8 Å². The first-order valence-corrected chi connectivity index (χ1v) is 8.67. The van der Waals surface area contributed by atoms with Gasteiger partial charge in [0.05, 0.1) is 19.8 Å². The van der Waals surface area contributed by atoms with Crippen LogP contribution in [0, 0.1) is 0 Å². The van der Waals surface area contributed by atoms with Crippen LogP contribution in [-0.4, -0.2) is 55.6 Å². The lowest BCUT2D eigenvalue weighted by molar-refractivity contribution is -0.119. The Labute approximate surface area is 142 Å².